The van der Waals surface area contributed by atoms with Crippen molar-refractivity contribution in [1.82, 2.24) is 0 Å². The van der Waals surface area contributed by atoms with Crippen molar-refractivity contribution in [3.05, 3.63) is 34.9 Å². The molecule has 1 aromatic carbocycles. The summed E-state index contributed by atoms with van der Waals surface area (Å²) in [5.74, 6) is -2.44. The Balaban J connectivity index is 2.48. The summed E-state index contributed by atoms with van der Waals surface area (Å²) in [7, 11) is 0. The second-order valence-corrected chi connectivity index (χ2v) is 4.00. The topological polar surface area (TPSA) is 74.6 Å². The Kier molecular flexibility index (Phi) is 2.64. The van der Waals surface area contributed by atoms with Gasteiger partial charge < -0.3 is 10.2 Å². The Labute approximate surface area is 92.5 Å². The summed E-state index contributed by atoms with van der Waals surface area (Å²) in [6, 6.07) is 4.76. The van der Waals surface area contributed by atoms with E-state index < -0.39 is 17.9 Å². The number of aliphatic carboxylic acids is 1. The van der Waals surface area contributed by atoms with Crippen molar-refractivity contribution in [1.29, 1.82) is 0 Å². The molecule has 1 unspecified atom stereocenters. The van der Waals surface area contributed by atoms with Crippen molar-refractivity contribution < 1.29 is 19.8 Å². The fraction of sp³-hybridized carbons (Fsp3) is 0.333. The highest BCUT2D eigenvalue weighted by Gasteiger charge is 2.26. The largest absolute Gasteiger partial charge is 0.481 e. The molecule has 0 aromatic heterocycles. The maximum absolute atomic E-state index is 11.1. The van der Waals surface area contributed by atoms with E-state index in [0.29, 0.717) is 12.0 Å². The Bertz CT molecular complexity index is 450. The van der Waals surface area contributed by atoms with E-state index >= 15 is 0 Å². The van der Waals surface area contributed by atoms with Gasteiger partial charge in [0.2, 0.25) is 0 Å². The Hall–Kier alpha value is -1.84. The first-order chi connectivity index (χ1) is 7.59. The minimum atomic E-state index is -1.02. The van der Waals surface area contributed by atoms with Crippen LogP contribution in [-0.2, 0) is 11.2 Å². The highest BCUT2D eigenvalue weighted by Crippen LogP contribution is 2.32. The zero-order chi connectivity index (χ0) is 11.7. The lowest BCUT2D eigenvalue weighted by atomic mass is 9.82. The van der Waals surface area contributed by atoms with Gasteiger partial charge in [0.05, 0.1) is 11.5 Å². The third-order valence-corrected chi connectivity index (χ3v) is 3.01. The van der Waals surface area contributed by atoms with E-state index in [0.717, 1.165) is 18.4 Å². The zero-order valence-corrected chi connectivity index (χ0v) is 8.64. The number of hydrogen-bond donors (Lipinski definition) is 2. The highest BCUT2D eigenvalue weighted by atomic mass is 16.4. The molecule has 0 heterocycles. The van der Waals surface area contributed by atoms with Crippen molar-refractivity contribution in [3.8, 4) is 0 Å². The predicted octanol–water partition coefficient (Wildman–Crippen LogP) is 1.89. The Morgan fingerprint density at radius 3 is 2.62 bits per heavy atom. The maximum Gasteiger partial charge on any atom is 0.335 e. The second-order valence-electron chi connectivity index (χ2n) is 4.00. The van der Waals surface area contributed by atoms with Gasteiger partial charge in [-0.2, -0.15) is 0 Å². The first kappa shape index (κ1) is 10.7. The van der Waals surface area contributed by atoms with E-state index in [4.69, 9.17) is 10.2 Å². The van der Waals surface area contributed by atoms with Crippen LogP contribution in [-0.4, -0.2) is 22.2 Å². The van der Waals surface area contributed by atoms with Crippen LogP contribution in [0.4, 0.5) is 0 Å². The third kappa shape index (κ3) is 1.78. The van der Waals surface area contributed by atoms with Gasteiger partial charge in [0.15, 0.2) is 0 Å². The first-order valence-electron chi connectivity index (χ1n) is 5.18. The summed E-state index contributed by atoms with van der Waals surface area (Å²) < 4.78 is 0. The molecule has 0 fully saturated rings. The average Bonchev–Trinajstić information content (AvgIpc) is 2.27. The fourth-order valence-electron chi connectivity index (χ4n) is 2.19. The molecule has 0 saturated heterocycles. The lowest BCUT2D eigenvalue weighted by Crippen LogP contribution is -2.18. The van der Waals surface area contributed by atoms with Crippen LogP contribution in [0, 0.1) is 0 Å². The molecule has 1 atom stereocenters. The van der Waals surface area contributed by atoms with Gasteiger partial charge in [-0.1, -0.05) is 6.07 Å². The molecule has 4 heteroatoms. The molecule has 0 radical (unpaired) electrons. The minimum Gasteiger partial charge on any atom is -0.481 e. The van der Waals surface area contributed by atoms with Crippen LogP contribution in [0.3, 0.4) is 0 Å². The molecule has 4 nitrogen and oxygen atoms in total. The minimum absolute atomic E-state index is 0.159. The highest BCUT2D eigenvalue weighted by molar-refractivity contribution is 5.88. The van der Waals surface area contributed by atoms with Crippen LogP contribution >= 0.6 is 0 Å². The first-order valence-corrected chi connectivity index (χ1v) is 5.18. The third-order valence-electron chi connectivity index (χ3n) is 3.01. The van der Waals surface area contributed by atoms with Crippen LogP contribution < -0.4 is 0 Å². The summed E-state index contributed by atoms with van der Waals surface area (Å²) in [4.78, 5) is 21.9. The molecule has 16 heavy (non-hydrogen) atoms. The van der Waals surface area contributed by atoms with Crippen LogP contribution in [0.1, 0.15) is 40.2 Å². The molecular formula is C12H12O4. The standard InChI is InChI=1S/C12H12O4/c13-11(14)8-5-4-7-2-1-3-9(12(15)16)10(7)6-8/h4-6,9H,1-3H2,(H,13,14)(H,15,16). The van der Waals surface area contributed by atoms with Gasteiger partial charge in [0.1, 0.15) is 0 Å². The van der Waals surface area contributed by atoms with Crippen LogP contribution in [0.15, 0.2) is 18.2 Å². The number of carbonyl (C=O) groups is 2. The number of aryl methyl sites for hydroxylation is 1. The van der Waals surface area contributed by atoms with Gasteiger partial charge in [-0.25, -0.2) is 4.79 Å². The zero-order valence-electron chi connectivity index (χ0n) is 8.64. The predicted molar refractivity (Wildman–Crippen MR) is 56.7 cm³/mol. The van der Waals surface area contributed by atoms with Gasteiger partial charge in [0, 0.05) is 0 Å². The van der Waals surface area contributed by atoms with E-state index in [1.165, 1.54) is 12.1 Å². The van der Waals surface area contributed by atoms with E-state index in [2.05, 4.69) is 0 Å². The molecule has 0 bridgehead atoms. The van der Waals surface area contributed by atoms with Gasteiger partial charge in [-0.05, 0) is 42.5 Å². The molecule has 1 aliphatic rings. The molecule has 2 rings (SSSR count). The van der Waals surface area contributed by atoms with E-state index in [1.807, 2.05) is 0 Å². The molecular weight excluding hydrogens is 208 g/mol. The summed E-state index contributed by atoms with van der Waals surface area (Å²) in [5.41, 5.74) is 1.79. The Morgan fingerprint density at radius 1 is 1.25 bits per heavy atom. The SMILES string of the molecule is O=C(O)c1ccc2c(c1)C(C(=O)O)CCC2. The lowest BCUT2D eigenvalue weighted by Gasteiger charge is -2.22. The lowest BCUT2D eigenvalue weighted by molar-refractivity contribution is -0.139. The van der Waals surface area contributed by atoms with Gasteiger partial charge in [0.25, 0.3) is 0 Å². The monoisotopic (exact) mass is 220 g/mol. The number of carboxylic acid groups (broad SMARTS) is 2. The van der Waals surface area contributed by atoms with Crippen molar-refractivity contribution in [2.24, 2.45) is 0 Å². The second kappa shape index (κ2) is 3.96. The molecule has 0 amide bonds. The summed E-state index contributed by atoms with van der Waals surface area (Å²) in [5, 5.41) is 17.9. The number of benzene rings is 1. The summed E-state index contributed by atoms with van der Waals surface area (Å²) in [6.45, 7) is 0. The van der Waals surface area contributed by atoms with Crippen LogP contribution in [0.25, 0.3) is 0 Å². The maximum atomic E-state index is 11.1. The van der Waals surface area contributed by atoms with Crippen LogP contribution in [0.2, 0.25) is 0 Å². The molecule has 2 N–H and O–H groups in total. The number of rotatable bonds is 2. The molecule has 0 aliphatic heterocycles. The van der Waals surface area contributed by atoms with Crippen molar-refractivity contribution in [2.45, 2.75) is 25.2 Å². The number of aromatic carboxylic acids is 1. The summed E-state index contributed by atoms with van der Waals surface area (Å²) in [6.07, 6.45) is 2.26. The van der Waals surface area contributed by atoms with Gasteiger partial charge >= 0.3 is 11.9 Å². The van der Waals surface area contributed by atoms with Crippen molar-refractivity contribution in [3.63, 3.8) is 0 Å². The van der Waals surface area contributed by atoms with E-state index in [9.17, 15) is 9.59 Å². The molecule has 1 aliphatic carbocycles. The van der Waals surface area contributed by atoms with Gasteiger partial charge in [-0.15, -0.1) is 0 Å². The Morgan fingerprint density at radius 2 is 2.00 bits per heavy atom. The molecule has 1 aromatic rings. The van der Waals surface area contributed by atoms with E-state index in [-0.39, 0.29) is 5.56 Å². The number of fused-ring (bicyclic) bond motifs is 1. The summed E-state index contributed by atoms with van der Waals surface area (Å²) >= 11 is 0. The van der Waals surface area contributed by atoms with Crippen molar-refractivity contribution >= 4 is 11.9 Å². The van der Waals surface area contributed by atoms with Gasteiger partial charge in [-0.3, -0.25) is 4.79 Å². The fourth-order valence-corrected chi connectivity index (χ4v) is 2.19. The number of hydrogen-bond acceptors (Lipinski definition) is 2. The average molecular weight is 220 g/mol. The van der Waals surface area contributed by atoms with E-state index in [1.54, 1.807) is 6.07 Å². The number of carboxylic acids is 2. The smallest absolute Gasteiger partial charge is 0.335 e. The normalized spacial score (nSPS) is 18.9. The molecule has 0 saturated carbocycles. The quantitative estimate of drug-likeness (QED) is 0.798. The molecule has 84 valence electrons. The molecule has 0 spiro atoms. The van der Waals surface area contributed by atoms with Crippen molar-refractivity contribution in [2.75, 3.05) is 0 Å². The van der Waals surface area contributed by atoms with Crippen LogP contribution in [0.5, 0.6) is 0 Å².